The molecule has 0 saturated heterocycles. The number of hydrogen-bond donors (Lipinski definition) is 1. The molecule has 0 bridgehead atoms. The highest BCUT2D eigenvalue weighted by molar-refractivity contribution is 6.15. The zero-order valence-corrected chi connectivity index (χ0v) is 21.8. The third-order valence-corrected chi connectivity index (χ3v) is 7.92. The lowest BCUT2D eigenvalue weighted by atomic mass is 9.89. The zero-order chi connectivity index (χ0) is 27.5. The van der Waals surface area contributed by atoms with Crippen molar-refractivity contribution in [1.82, 2.24) is 0 Å². The Morgan fingerprint density at radius 1 is 0.488 bits per heavy atom. The Morgan fingerprint density at radius 2 is 1.00 bits per heavy atom. The van der Waals surface area contributed by atoms with Gasteiger partial charge in [0.05, 0.1) is 0 Å². The number of fused-ring (bicyclic) bond motifs is 6. The monoisotopic (exact) mass is 530 g/mol. The molecule has 1 N–H and O–H groups in total. The molecular weight excluding hydrogens is 508 g/mol. The van der Waals surface area contributed by atoms with Crippen LogP contribution in [0.5, 0.6) is 5.75 Å². The second kappa shape index (κ2) is 8.97. The lowest BCUT2D eigenvalue weighted by Crippen LogP contribution is -1.94. The van der Waals surface area contributed by atoms with Crippen molar-refractivity contribution < 1.29 is 18.7 Å². The summed E-state index contributed by atoms with van der Waals surface area (Å²) in [5, 5.41) is 15.1. The average molecular weight is 531 g/mol. The van der Waals surface area contributed by atoms with E-state index in [1.807, 2.05) is 103 Å². The van der Waals surface area contributed by atoms with Gasteiger partial charge in [0.1, 0.15) is 28.1 Å². The number of para-hydroxylation sites is 2. The maximum atomic E-state index is 12.8. The smallest absolute Gasteiger partial charge is 0.151 e. The maximum absolute atomic E-state index is 12.8. The van der Waals surface area contributed by atoms with Crippen LogP contribution in [0.1, 0.15) is 10.4 Å². The van der Waals surface area contributed by atoms with Gasteiger partial charge in [-0.05, 0) is 64.2 Å². The minimum absolute atomic E-state index is 0.102. The predicted octanol–water partition coefficient (Wildman–Crippen LogP) is 10.0. The van der Waals surface area contributed by atoms with Crippen LogP contribution in [0.25, 0.3) is 77.3 Å². The molecule has 194 valence electrons. The normalized spacial score (nSPS) is 11.6. The van der Waals surface area contributed by atoms with Crippen LogP contribution >= 0.6 is 0 Å². The van der Waals surface area contributed by atoms with Crippen molar-refractivity contribution in [2.75, 3.05) is 0 Å². The van der Waals surface area contributed by atoms with Gasteiger partial charge in [0, 0.05) is 32.7 Å². The van der Waals surface area contributed by atoms with E-state index in [0.717, 1.165) is 72.4 Å². The molecule has 0 atom stereocenters. The predicted molar refractivity (Wildman–Crippen MR) is 164 cm³/mol. The van der Waals surface area contributed by atoms with Gasteiger partial charge in [-0.2, -0.15) is 0 Å². The van der Waals surface area contributed by atoms with Crippen molar-refractivity contribution in [2.45, 2.75) is 0 Å². The van der Waals surface area contributed by atoms with Crippen LogP contribution in [-0.4, -0.2) is 11.4 Å². The van der Waals surface area contributed by atoms with Crippen LogP contribution in [0.2, 0.25) is 0 Å². The summed E-state index contributed by atoms with van der Waals surface area (Å²) >= 11 is 0. The topological polar surface area (TPSA) is 63.6 Å². The highest BCUT2D eigenvalue weighted by Gasteiger charge is 2.19. The van der Waals surface area contributed by atoms with E-state index in [1.165, 1.54) is 0 Å². The Bertz CT molecular complexity index is 2300. The summed E-state index contributed by atoms with van der Waals surface area (Å²) in [5.74, 6) is 0.102. The lowest BCUT2D eigenvalue weighted by Gasteiger charge is -2.14. The first-order chi connectivity index (χ1) is 20.2. The van der Waals surface area contributed by atoms with E-state index in [-0.39, 0.29) is 5.75 Å². The lowest BCUT2D eigenvalue weighted by molar-refractivity contribution is 0.112. The molecule has 0 aliphatic carbocycles. The minimum atomic E-state index is 0.102. The van der Waals surface area contributed by atoms with Crippen LogP contribution in [0.15, 0.2) is 130 Å². The maximum Gasteiger partial charge on any atom is 0.151 e. The molecule has 41 heavy (non-hydrogen) atoms. The Hall–Kier alpha value is -5.61. The van der Waals surface area contributed by atoms with Gasteiger partial charge in [-0.25, -0.2) is 0 Å². The summed E-state index contributed by atoms with van der Waals surface area (Å²) < 4.78 is 12.2. The fraction of sp³-hybridized carbons (Fsp3) is 0. The minimum Gasteiger partial charge on any atom is -0.507 e. The number of aldehydes is 1. The number of aromatic hydroxyl groups is 1. The Labute approximate surface area is 234 Å². The summed E-state index contributed by atoms with van der Waals surface area (Å²) in [6.45, 7) is 0. The van der Waals surface area contributed by atoms with E-state index in [4.69, 9.17) is 8.83 Å². The van der Waals surface area contributed by atoms with Gasteiger partial charge in [-0.1, -0.05) is 84.9 Å². The summed E-state index contributed by atoms with van der Waals surface area (Å²) in [5.41, 5.74) is 8.52. The van der Waals surface area contributed by atoms with E-state index in [9.17, 15) is 9.90 Å². The third-order valence-electron chi connectivity index (χ3n) is 7.92. The fourth-order valence-corrected chi connectivity index (χ4v) is 6.10. The number of furan rings is 2. The third kappa shape index (κ3) is 3.51. The number of rotatable bonds is 4. The summed E-state index contributed by atoms with van der Waals surface area (Å²) in [6.07, 6.45) is 0.877. The molecule has 0 saturated carbocycles. The van der Waals surface area contributed by atoms with Crippen LogP contribution in [0.3, 0.4) is 0 Å². The molecule has 0 unspecified atom stereocenters. The molecule has 0 spiro atoms. The summed E-state index contributed by atoms with van der Waals surface area (Å²) in [7, 11) is 0. The zero-order valence-electron chi connectivity index (χ0n) is 21.8. The standard InChI is InChI=1S/C37H22O4/c38-21-30-24(26-13-7-17-35-37(26)28-9-2-4-15-33(28)41-35)11-5-12-25(30)29-20-22(18-19-31(29)39)23-10-6-16-34-36(23)27-8-1-3-14-32(27)40-34/h1-21,39H. The van der Waals surface area contributed by atoms with Gasteiger partial charge >= 0.3 is 0 Å². The van der Waals surface area contributed by atoms with Crippen molar-refractivity contribution in [2.24, 2.45) is 0 Å². The van der Waals surface area contributed by atoms with Crippen molar-refractivity contribution in [3.8, 4) is 39.1 Å². The molecule has 0 radical (unpaired) electrons. The number of phenols is 1. The average Bonchev–Trinajstić information content (AvgIpc) is 3.59. The molecular formula is C37H22O4. The molecule has 0 amide bonds. The van der Waals surface area contributed by atoms with Crippen molar-refractivity contribution >= 4 is 50.2 Å². The second-order valence-electron chi connectivity index (χ2n) is 10.2. The van der Waals surface area contributed by atoms with Crippen LogP contribution in [0, 0.1) is 0 Å². The van der Waals surface area contributed by atoms with E-state index < -0.39 is 0 Å². The molecule has 0 aliphatic heterocycles. The molecule has 8 aromatic rings. The second-order valence-corrected chi connectivity index (χ2v) is 10.2. The molecule has 4 nitrogen and oxygen atoms in total. The number of hydrogen-bond acceptors (Lipinski definition) is 4. The quantitative estimate of drug-likeness (QED) is 0.230. The number of phenolic OH excluding ortho intramolecular Hbond substituents is 1. The molecule has 6 aromatic carbocycles. The van der Waals surface area contributed by atoms with E-state index in [0.29, 0.717) is 16.7 Å². The largest absolute Gasteiger partial charge is 0.507 e. The first-order valence-corrected chi connectivity index (χ1v) is 13.4. The number of carbonyl (C=O) groups excluding carboxylic acids is 1. The van der Waals surface area contributed by atoms with Gasteiger partial charge in [-0.3, -0.25) is 4.79 Å². The molecule has 0 aliphatic rings. The van der Waals surface area contributed by atoms with Crippen molar-refractivity contribution in [1.29, 1.82) is 0 Å². The molecule has 2 aromatic heterocycles. The van der Waals surface area contributed by atoms with E-state index in [1.54, 1.807) is 6.07 Å². The molecule has 8 rings (SSSR count). The van der Waals surface area contributed by atoms with Crippen LogP contribution in [-0.2, 0) is 0 Å². The summed E-state index contributed by atoms with van der Waals surface area (Å²) in [4.78, 5) is 12.8. The first-order valence-electron chi connectivity index (χ1n) is 13.4. The first kappa shape index (κ1) is 23.3. The number of benzene rings is 6. The summed E-state index contributed by atoms with van der Waals surface area (Å²) in [6, 6.07) is 39.1. The molecule has 4 heteroatoms. The van der Waals surface area contributed by atoms with Gasteiger partial charge in [0.15, 0.2) is 6.29 Å². The van der Waals surface area contributed by atoms with Gasteiger partial charge in [0.2, 0.25) is 0 Å². The molecule has 2 heterocycles. The SMILES string of the molecule is O=Cc1c(-c2cc(-c3cccc4oc5ccccc5c34)ccc2O)cccc1-c1cccc2oc3ccccc3c12. The van der Waals surface area contributed by atoms with E-state index in [2.05, 4.69) is 12.1 Å². The Balaban J connectivity index is 1.35. The van der Waals surface area contributed by atoms with Crippen LogP contribution in [0.4, 0.5) is 0 Å². The molecule has 0 fully saturated rings. The van der Waals surface area contributed by atoms with Gasteiger partial charge in [-0.15, -0.1) is 0 Å². The highest BCUT2D eigenvalue weighted by atomic mass is 16.3. The van der Waals surface area contributed by atoms with Crippen molar-refractivity contribution in [3.05, 3.63) is 127 Å². The van der Waals surface area contributed by atoms with Gasteiger partial charge < -0.3 is 13.9 Å². The van der Waals surface area contributed by atoms with Crippen molar-refractivity contribution in [3.63, 3.8) is 0 Å². The fourth-order valence-electron chi connectivity index (χ4n) is 6.10. The van der Waals surface area contributed by atoms with Gasteiger partial charge in [0.25, 0.3) is 0 Å². The number of carbonyl (C=O) groups is 1. The van der Waals surface area contributed by atoms with E-state index >= 15 is 0 Å². The highest BCUT2D eigenvalue weighted by Crippen LogP contribution is 2.43. The Morgan fingerprint density at radius 3 is 1.66 bits per heavy atom. The Kier molecular flexibility index (Phi) is 5.09. The van der Waals surface area contributed by atoms with Crippen LogP contribution < -0.4 is 0 Å².